The van der Waals surface area contributed by atoms with Crippen LogP contribution in [0, 0.1) is 0 Å². The number of rotatable bonds is 5. The predicted octanol–water partition coefficient (Wildman–Crippen LogP) is 3.63. The maximum absolute atomic E-state index is 12.6. The van der Waals surface area contributed by atoms with Crippen LogP contribution in [-0.2, 0) is 11.3 Å². The van der Waals surface area contributed by atoms with E-state index in [9.17, 15) is 4.79 Å². The Hall–Kier alpha value is -2.72. The Balaban J connectivity index is 1.15. The molecule has 36 heavy (non-hydrogen) atoms. The molecule has 3 aromatic heterocycles. The minimum absolute atomic E-state index is 0.00810. The van der Waals surface area contributed by atoms with Gasteiger partial charge in [0.2, 0.25) is 0 Å². The first-order chi connectivity index (χ1) is 17.6. The molecule has 3 aliphatic rings. The van der Waals surface area contributed by atoms with Crippen LogP contribution in [0.2, 0.25) is 0 Å². The van der Waals surface area contributed by atoms with E-state index in [-0.39, 0.29) is 12.1 Å². The number of nitrogens with one attached hydrogen (secondary N) is 2. The fourth-order valence-electron chi connectivity index (χ4n) is 5.26. The predicted molar refractivity (Wildman–Crippen MR) is 144 cm³/mol. The molecular formula is C27H34N6O2S. The SMILES string of the molecule is CN1CCN(Cc2ccc(-c3cnc4[nH]cc(C5=CCN(C(=O)NC6CCOC6)CC5)c4c3)s2)CC1. The Kier molecular flexibility index (Phi) is 6.79. The second-order valence-electron chi connectivity index (χ2n) is 10.1. The first-order valence-electron chi connectivity index (χ1n) is 12.9. The number of carbonyl (C=O) groups is 1. The lowest BCUT2D eigenvalue weighted by Gasteiger charge is -2.31. The first-order valence-corrected chi connectivity index (χ1v) is 13.7. The molecule has 0 radical (unpaired) electrons. The second kappa shape index (κ2) is 10.3. The van der Waals surface area contributed by atoms with Crippen molar-refractivity contribution in [3.8, 4) is 10.4 Å². The van der Waals surface area contributed by atoms with Crippen molar-refractivity contribution in [1.82, 2.24) is 30.0 Å². The molecule has 1 unspecified atom stereocenters. The minimum Gasteiger partial charge on any atom is -0.379 e. The maximum Gasteiger partial charge on any atom is 0.317 e. The molecule has 3 aromatic rings. The summed E-state index contributed by atoms with van der Waals surface area (Å²) < 4.78 is 5.38. The van der Waals surface area contributed by atoms with Gasteiger partial charge in [0.25, 0.3) is 0 Å². The maximum atomic E-state index is 12.6. The average Bonchev–Trinajstić information content (AvgIpc) is 3.67. The fourth-order valence-corrected chi connectivity index (χ4v) is 6.29. The number of fused-ring (bicyclic) bond motifs is 1. The first kappa shape index (κ1) is 23.7. The van der Waals surface area contributed by atoms with Crippen LogP contribution in [0.3, 0.4) is 0 Å². The number of nitrogens with zero attached hydrogens (tertiary/aromatic N) is 4. The molecule has 9 heteroatoms. The van der Waals surface area contributed by atoms with Gasteiger partial charge in [0.15, 0.2) is 0 Å². The van der Waals surface area contributed by atoms with E-state index in [0.29, 0.717) is 19.7 Å². The number of likely N-dealkylation sites (N-methyl/N-ethyl adjacent to an activating group) is 1. The standard InChI is InChI=1S/C27H34N6O2S/c1-31-9-11-32(12-10-31)17-22-2-3-25(36-22)20-14-23-24(16-29-26(23)28-15-20)19-4-7-33(8-5-19)27(34)30-21-6-13-35-18-21/h2-4,14-16,21H,5-13,17-18H2,1H3,(H,28,29)(H,30,34). The Morgan fingerprint density at radius 3 is 2.92 bits per heavy atom. The number of H-pyrrole nitrogens is 1. The molecule has 190 valence electrons. The molecule has 3 aliphatic heterocycles. The van der Waals surface area contributed by atoms with E-state index in [1.807, 2.05) is 22.4 Å². The normalized spacial score (nSPS) is 21.8. The smallest absolute Gasteiger partial charge is 0.317 e. The van der Waals surface area contributed by atoms with Gasteiger partial charge in [-0.15, -0.1) is 11.3 Å². The van der Waals surface area contributed by atoms with Crippen molar-refractivity contribution in [1.29, 1.82) is 0 Å². The number of urea groups is 1. The molecule has 0 aromatic carbocycles. The molecule has 2 fully saturated rings. The molecule has 0 aliphatic carbocycles. The molecule has 0 bridgehead atoms. The Bertz CT molecular complexity index is 1250. The van der Waals surface area contributed by atoms with Gasteiger partial charge in [-0.05, 0) is 43.7 Å². The molecule has 0 spiro atoms. The summed E-state index contributed by atoms with van der Waals surface area (Å²) in [4.78, 5) is 30.2. The van der Waals surface area contributed by atoms with Crippen LogP contribution in [0.5, 0.6) is 0 Å². The number of hydrogen-bond donors (Lipinski definition) is 2. The largest absolute Gasteiger partial charge is 0.379 e. The lowest BCUT2D eigenvalue weighted by molar-refractivity contribution is 0.149. The van der Waals surface area contributed by atoms with E-state index in [2.05, 4.69) is 57.6 Å². The zero-order valence-electron chi connectivity index (χ0n) is 20.8. The number of piperazine rings is 1. The van der Waals surface area contributed by atoms with Crippen molar-refractivity contribution in [2.75, 3.05) is 59.5 Å². The zero-order chi connectivity index (χ0) is 24.5. The second-order valence-corrected chi connectivity index (χ2v) is 11.3. The van der Waals surface area contributed by atoms with E-state index in [1.54, 1.807) is 0 Å². The van der Waals surface area contributed by atoms with Crippen molar-refractivity contribution in [2.45, 2.75) is 25.4 Å². The quantitative estimate of drug-likeness (QED) is 0.553. The van der Waals surface area contributed by atoms with Crippen LogP contribution >= 0.6 is 11.3 Å². The number of hydrogen-bond acceptors (Lipinski definition) is 6. The van der Waals surface area contributed by atoms with Gasteiger partial charge in [-0.2, -0.15) is 0 Å². The Morgan fingerprint density at radius 1 is 1.25 bits per heavy atom. The highest BCUT2D eigenvalue weighted by Crippen LogP contribution is 2.34. The lowest BCUT2D eigenvalue weighted by Crippen LogP contribution is -2.46. The highest BCUT2D eigenvalue weighted by Gasteiger charge is 2.24. The van der Waals surface area contributed by atoms with Gasteiger partial charge in [-0.25, -0.2) is 9.78 Å². The van der Waals surface area contributed by atoms with Crippen LogP contribution < -0.4 is 5.32 Å². The van der Waals surface area contributed by atoms with Gasteiger partial charge < -0.3 is 24.8 Å². The molecule has 8 nitrogen and oxygen atoms in total. The van der Waals surface area contributed by atoms with Crippen LogP contribution in [0.25, 0.3) is 27.0 Å². The third kappa shape index (κ3) is 5.06. The molecule has 6 rings (SSSR count). The van der Waals surface area contributed by atoms with Crippen LogP contribution in [0.1, 0.15) is 23.3 Å². The molecule has 0 saturated carbocycles. The molecule has 1 atom stereocenters. The Labute approximate surface area is 215 Å². The summed E-state index contributed by atoms with van der Waals surface area (Å²) in [6.07, 6.45) is 7.95. The van der Waals surface area contributed by atoms with E-state index >= 15 is 0 Å². The number of carbonyl (C=O) groups excluding carboxylic acids is 1. The van der Waals surface area contributed by atoms with Crippen LogP contribution in [0.4, 0.5) is 4.79 Å². The number of amides is 2. The van der Waals surface area contributed by atoms with Crippen molar-refractivity contribution >= 4 is 34.0 Å². The topological polar surface area (TPSA) is 76.7 Å². The third-order valence-corrected chi connectivity index (χ3v) is 8.67. The molecule has 6 heterocycles. The highest BCUT2D eigenvalue weighted by molar-refractivity contribution is 7.15. The monoisotopic (exact) mass is 506 g/mol. The summed E-state index contributed by atoms with van der Waals surface area (Å²) in [7, 11) is 2.20. The van der Waals surface area contributed by atoms with Crippen molar-refractivity contribution in [2.24, 2.45) is 0 Å². The lowest BCUT2D eigenvalue weighted by atomic mass is 9.99. The number of thiophene rings is 1. The van der Waals surface area contributed by atoms with Gasteiger partial charge in [-0.3, -0.25) is 4.90 Å². The van der Waals surface area contributed by atoms with Crippen molar-refractivity contribution < 1.29 is 9.53 Å². The van der Waals surface area contributed by atoms with E-state index in [0.717, 1.165) is 68.8 Å². The number of aromatic amines is 1. The van der Waals surface area contributed by atoms with E-state index in [1.165, 1.54) is 20.9 Å². The van der Waals surface area contributed by atoms with Crippen molar-refractivity contribution in [3.63, 3.8) is 0 Å². The summed E-state index contributed by atoms with van der Waals surface area (Å²) in [5, 5.41) is 4.24. The van der Waals surface area contributed by atoms with Gasteiger partial charge in [0, 0.05) is 91.1 Å². The van der Waals surface area contributed by atoms with E-state index in [4.69, 9.17) is 9.72 Å². The summed E-state index contributed by atoms with van der Waals surface area (Å²) >= 11 is 1.87. The minimum atomic E-state index is 0.00810. The summed E-state index contributed by atoms with van der Waals surface area (Å²) in [5.74, 6) is 0. The van der Waals surface area contributed by atoms with Crippen molar-refractivity contribution in [3.05, 3.63) is 47.1 Å². The zero-order valence-corrected chi connectivity index (χ0v) is 21.6. The third-order valence-electron chi connectivity index (χ3n) is 7.55. The molecule has 2 N–H and O–H groups in total. The number of aromatic nitrogens is 2. The molecule has 2 saturated heterocycles. The Morgan fingerprint density at radius 2 is 2.14 bits per heavy atom. The van der Waals surface area contributed by atoms with Crippen LogP contribution in [-0.4, -0.2) is 96.3 Å². The molecule has 2 amide bonds. The fraction of sp³-hybridized carbons (Fsp3) is 0.481. The van der Waals surface area contributed by atoms with Gasteiger partial charge >= 0.3 is 6.03 Å². The summed E-state index contributed by atoms with van der Waals surface area (Å²) in [6, 6.07) is 6.91. The van der Waals surface area contributed by atoms with E-state index < -0.39 is 0 Å². The summed E-state index contributed by atoms with van der Waals surface area (Å²) in [6.45, 7) is 8.25. The number of ether oxygens (including phenoxy) is 1. The van der Waals surface area contributed by atoms with Gasteiger partial charge in [0.1, 0.15) is 5.65 Å². The van der Waals surface area contributed by atoms with Gasteiger partial charge in [-0.1, -0.05) is 6.08 Å². The molecular weight excluding hydrogens is 472 g/mol. The van der Waals surface area contributed by atoms with Gasteiger partial charge in [0.05, 0.1) is 12.6 Å². The van der Waals surface area contributed by atoms with Crippen LogP contribution in [0.15, 0.2) is 36.7 Å². The average molecular weight is 507 g/mol. The number of pyridine rings is 1. The highest BCUT2D eigenvalue weighted by atomic mass is 32.1. The summed E-state index contributed by atoms with van der Waals surface area (Å²) in [5.41, 5.74) is 4.53.